The average Bonchev–Trinajstić information content (AvgIpc) is 3.62. The second-order valence-corrected chi connectivity index (χ2v) is 7.90. The Kier molecular flexibility index (Phi) is 6.54. The lowest BCUT2D eigenvalue weighted by molar-refractivity contribution is 0.0984. The van der Waals surface area contributed by atoms with Crippen molar-refractivity contribution in [1.29, 1.82) is 0 Å². The van der Waals surface area contributed by atoms with Gasteiger partial charge in [-0.2, -0.15) is 0 Å². The molecule has 1 N–H and O–H groups in total. The Bertz CT molecular complexity index is 986. The number of nitrogens with one attached hydrogen (secondary N) is 1. The number of ether oxygens (including phenoxy) is 2. The van der Waals surface area contributed by atoms with E-state index in [0.29, 0.717) is 24.0 Å². The Hall–Kier alpha value is -2.99. The van der Waals surface area contributed by atoms with Gasteiger partial charge in [0.15, 0.2) is 0 Å². The van der Waals surface area contributed by atoms with Crippen LogP contribution in [-0.4, -0.2) is 23.8 Å². The summed E-state index contributed by atoms with van der Waals surface area (Å²) in [6.07, 6.45) is 6.19. The minimum Gasteiger partial charge on any atom is -0.489 e. The monoisotopic (exact) mass is 420 g/mol. The molecule has 0 bridgehead atoms. The molecule has 154 valence electrons. The molecule has 1 saturated carbocycles. The molecule has 0 spiro atoms. The standard InChI is InChI=1S/C24H24N2O3S/c1-30-26-24(27)19-9-7-18(8-10-19)15-28-22-4-2-3-20(13-22)21-11-12-23(25-14-21)29-16-17-5-6-17/h2-4,7-14,17H,5-6,15-16H2,1H3,(H,26,27). The zero-order chi connectivity index (χ0) is 20.8. The number of rotatable bonds is 9. The van der Waals surface area contributed by atoms with Gasteiger partial charge in [0.25, 0.3) is 5.91 Å². The first-order valence-corrected chi connectivity index (χ1v) is 11.2. The number of benzene rings is 2. The van der Waals surface area contributed by atoms with Gasteiger partial charge >= 0.3 is 0 Å². The Morgan fingerprint density at radius 2 is 1.90 bits per heavy atom. The molecule has 1 heterocycles. The van der Waals surface area contributed by atoms with Crippen molar-refractivity contribution >= 4 is 17.9 Å². The van der Waals surface area contributed by atoms with Crippen LogP contribution in [0.15, 0.2) is 66.9 Å². The zero-order valence-corrected chi connectivity index (χ0v) is 17.7. The van der Waals surface area contributed by atoms with Gasteiger partial charge < -0.3 is 9.47 Å². The Morgan fingerprint density at radius 1 is 1.07 bits per heavy atom. The Balaban J connectivity index is 1.35. The lowest BCUT2D eigenvalue weighted by Gasteiger charge is -2.10. The molecule has 0 radical (unpaired) electrons. The molecule has 0 saturated heterocycles. The van der Waals surface area contributed by atoms with E-state index in [-0.39, 0.29) is 5.91 Å². The summed E-state index contributed by atoms with van der Waals surface area (Å²) in [5, 5.41) is 0. The number of nitrogens with zero attached hydrogens (tertiary/aromatic N) is 1. The molecule has 0 aliphatic heterocycles. The van der Waals surface area contributed by atoms with E-state index in [1.807, 2.05) is 61.0 Å². The van der Waals surface area contributed by atoms with Crippen LogP contribution in [0.3, 0.4) is 0 Å². The first-order chi connectivity index (χ1) is 14.7. The van der Waals surface area contributed by atoms with Crippen molar-refractivity contribution in [3.8, 4) is 22.8 Å². The number of pyridine rings is 1. The molecule has 4 rings (SSSR count). The van der Waals surface area contributed by atoms with Crippen molar-refractivity contribution in [1.82, 2.24) is 9.71 Å². The van der Waals surface area contributed by atoms with E-state index in [1.54, 1.807) is 12.1 Å². The summed E-state index contributed by atoms with van der Waals surface area (Å²) in [7, 11) is 0. The van der Waals surface area contributed by atoms with E-state index in [1.165, 1.54) is 24.8 Å². The topological polar surface area (TPSA) is 60.5 Å². The average molecular weight is 421 g/mol. The molecular formula is C24H24N2O3S. The van der Waals surface area contributed by atoms with Gasteiger partial charge in [0.05, 0.1) is 6.61 Å². The maximum Gasteiger partial charge on any atom is 0.261 e. The lowest BCUT2D eigenvalue weighted by atomic mass is 10.1. The first kappa shape index (κ1) is 20.3. The van der Waals surface area contributed by atoms with Gasteiger partial charge in [0.1, 0.15) is 12.4 Å². The van der Waals surface area contributed by atoms with E-state index in [4.69, 9.17) is 9.47 Å². The van der Waals surface area contributed by atoms with Crippen molar-refractivity contribution in [2.75, 3.05) is 12.9 Å². The second-order valence-electron chi connectivity index (χ2n) is 7.29. The predicted molar refractivity (Wildman–Crippen MR) is 120 cm³/mol. The third-order valence-electron chi connectivity index (χ3n) is 4.88. The predicted octanol–water partition coefficient (Wildman–Crippen LogP) is 5.12. The van der Waals surface area contributed by atoms with Crippen molar-refractivity contribution in [2.24, 2.45) is 5.92 Å². The molecule has 1 amide bonds. The first-order valence-electron chi connectivity index (χ1n) is 9.95. The summed E-state index contributed by atoms with van der Waals surface area (Å²) in [5.74, 6) is 2.07. The molecule has 1 fully saturated rings. The summed E-state index contributed by atoms with van der Waals surface area (Å²) in [6, 6.07) is 19.3. The zero-order valence-electron chi connectivity index (χ0n) is 16.8. The molecule has 1 aliphatic carbocycles. The van der Waals surface area contributed by atoms with Gasteiger partial charge in [-0.15, -0.1) is 0 Å². The number of aromatic nitrogens is 1. The molecule has 30 heavy (non-hydrogen) atoms. The Morgan fingerprint density at radius 3 is 2.60 bits per heavy atom. The number of hydrogen-bond acceptors (Lipinski definition) is 5. The van der Waals surface area contributed by atoms with Crippen LogP contribution in [0.1, 0.15) is 28.8 Å². The second kappa shape index (κ2) is 9.67. The highest BCUT2D eigenvalue weighted by Gasteiger charge is 2.22. The minimum absolute atomic E-state index is 0.0970. The third kappa shape index (κ3) is 5.54. The maximum atomic E-state index is 11.8. The molecule has 0 unspecified atom stereocenters. The van der Waals surface area contributed by atoms with Crippen molar-refractivity contribution in [2.45, 2.75) is 19.4 Å². The number of hydrogen-bond donors (Lipinski definition) is 1. The van der Waals surface area contributed by atoms with Gasteiger partial charge in [-0.05, 0) is 60.2 Å². The van der Waals surface area contributed by atoms with Gasteiger partial charge in [-0.1, -0.05) is 36.2 Å². The fourth-order valence-corrected chi connectivity index (χ4v) is 3.26. The highest BCUT2D eigenvalue weighted by Crippen LogP contribution is 2.30. The van der Waals surface area contributed by atoms with Crippen LogP contribution in [0.2, 0.25) is 0 Å². The smallest absolute Gasteiger partial charge is 0.261 e. The summed E-state index contributed by atoms with van der Waals surface area (Å²) < 4.78 is 14.4. The van der Waals surface area contributed by atoms with Crippen LogP contribution in [0.5, 0.6) is 11.6 Å². The molecule has 1 aliphatic rings. The maximum absolute atomic E-state index is 11.8. The van der Waals surface area contributed by atoms with Crippen LogP contribution in [0.4, 0.5) is 0 Å². The molecule has 0 atom stereocenters. The molecule has 1 aromatic heterocycles. The summed E-state index contributed by atoms with van der Waals surface area (Å²) >= 11 is 1.29. The highest BCUT2D eigenvalue weighted by atomic mass is 32.2. The summed E-state index contributed by atoms with van der Waals surface area (Å²) in [6.45, 7) is 1.19. The molecule has 6 heteroatoms. The highest BCUT2D eigenvalue weighted by molar-refractivity contribution is 7.97. The molecule has 5 nitrogen and oxygen atoms in total. The molecule has 3 aromatic rings. The van der Waals surface area contributed by atoms with Crippen LogP contribution in [0, 0.1) is 5.92 Å². The van der Waals surface area contributed by atoms with Crippen LogP contribution < -0.4 is 14.2 Å². The van der Waals surface area contributed by atoms with Gasteiger partial charge in [-0.3, -0.25) is 9.52 Å². The van der Waals surface area contributed by atoms with E-state index >= 15 is 0 Å². The fourth-order valence-electron chi connectivity index (χ4n) is 2.96. The van der Waals surface area contributed by atoms with Gasteiger partial charge in [0, 0.05) is 29.6 Å². The number of carbonyl (C=O) groups is 1. The van der Waals surface area contributed by atoms with Crippen LogP contribution in [0.25, 0.3) is 11.1 Å². The van der Waals surface area contributed by atoms with E-state index in [9.17, 15) is 4.79 Å². The molecular weight excluding hydrogens is 396 g/mol. The van der Waals surface area contributed by atoms with E-state index < -0.39 is 0 Å². The lowest BCUT2D eigenvalue weighted by Crippen LogP contribution is -2.14. The number of amides is 1. The van der Waals surface area contributed by atoms with E-state index in [0.717, 1.165) is 29.0 Å². The molecule has 2 aromatic carbocycles. The van der Waals surface area contributed by atoms with Crippen LogP contribution >= 0.6 is 11.9 Å². The Labute approximate surface area is 181 Å². The minimum atomic E-state index is -0.0970. The van der Waals surface area contributed by atoms with Crippen molar-refractivity contribution in [3.63, 3.8) is 0 Å². The van der Waals surface area contributed by atoms with Crippen molar-refractivity contribution in [3.05, 3.63) is 78.0 Å². The summed E-state index contributed by atoms with van der Waals surface area (Å²) in [5.41, 5.74) is 3.69. The van der Waals surface area contributed by atoms with E-state index in [2.05, 4.69) is 9.71 Å². The normalized spacial score (nSPS) is 13.0. The van der Waals surface area contributed by atoms with Crippen molar-refractivity contribution < 1.29 is 14.3 Å². The fraction of sp³-hybridized carbons (Fsp3) is 0.250. The van der Waals surface area contributed by atoms with Crippen LogP contribution in [-0.2, 0) is 6.61 Å². The largest absolute Gasteiger partial charge is 0.489 e. The quantitative estimate of drug-likeness (QED) is 0.487. The van der Waals surface area contributed by atoms with Gasteiger partial charge in [-0.25, -0.2) is 4.98 Å². The number of carbonyl (C=O) groups excluding carboxylic acids is 1. The SMILES string of the molecule is CSNC(=O)c1ccc(COc2cccc(-c3ccc(OCC4CC4)nc3)c2)cc1. The summed E-state index contributed by atoms with van der Waals surface area (Å²) in [4.78, 5) is 16.2. The third-order valence-corrected chi connectivity index (χ3v) is 5.27. The van der Waals surface area contributed by atoms with Gasteiger partial charge in [0.2, 0.25) is 5.88 Å².